The Morgan fingerprint density at radius 3 is 2.20 bits per heavy atom. The van der Waals surface area contributed by atoms with Crippen LogP contribution < -0.4 is 10.6 Å². The maximum absolute atomic E-state index is 12.3. The number of carbonyl (C=O) groups is 3. The summed E-state index contributed by atoms with van der Waals surface area (Å²) in [6.07, 6.45) is 0.660. The van der Waals surface area contributed by atoms with Crippen LogP contribution in [0.5, 0.6) is 0 Å². The zero-order chi connectivity index (χ0) is 21.5. The summed E-state index contributed by atoms with van der Waals surface area (Å²) in [7, 11) is 0. The largest absolute Gasteiger partial charge is 0.480 e. The van der Waals surface area contributed by atoms with Gasteiger partial charge in [0.05, 0.1) is 0 Å². The molecule has 1 aliphatic rings. The second-order valence-electron chi connectivity index (χ2n) is 7.28. The molecule has 7 nitrogen and oxygen atoms in total. The molecule has 0 aliphatic heterocycles. The third-order valence-corrected chi connectivity index (χ3v) is 5.32. The average Bonchev–Trinajstić information content (AvgIpc) is 3.07. The summed E-state index contributed by atoms with van der Waals surface area (Å²) in [5.41, 5.74) is 4.63. The van der Waals surface area contributed by atoms with E-state index in [1.165, 1.54) is 11.1 Å². The fourth-order valence-corrected chi connectivity index (χ4v) is 3.75. The van der Waals surface area contributed by atoms with Crippen molar-refractivity contribution in [3.63, 3.8) is 0 Å². The summed E-state index contributed by atoms with van der Waals surface area (Å²) in [5.74, 6) is -1.46. The molecule has 30 heavy (non-hydrogen) atoms. The highest BCUT2D eigenvalue weighted by molar-refractivity contribution is 5.81. The lowest BCUT2D eigenvalue weighted by Crippen LogP contribution is -2.37. The van der Waals surface area contributed by atoms with Crippen LogP contribution in [0.15, 0.2) is 48.5 Å². The molecule has 158 valence electrons. The predicted molar refractivity (Wildman–Crippen MR) is 112 cm³/mol. The minimum Gasteiger partial charge on any atom is -0.480 e. The summed E-state index contributed by atoms with van der Waals surface area (Å²) in [4.78, 5) is 34.5. The molecule has 0 radical (unpaired) electrons. The molecule has 0 saturated carbocycles. The van der Waals surface area contributed by atoms with Crippen LogP contribution in [-0.2, 0) is 14.3 Å². The van der Waals surface area contributed by atoms with E-state index in [2.05, 4.69) is 34.9 Å². The highest BCUT2D eigenvalue weighted by Gasteiger charge is 2.29. The van der Waals surface area contributed by atoms with Crippen LogP contribution in [0.1, 0.15) is 43.2 Å². The van der Waals surface area contributed by atoms with Crippen LogP contribution in [0.4, 0.5) is 4.79 Å². The summed E-state index contributed by atoms with van der Waals surface area (Å²) >= 11 is 0. The number of benzene rings is 2. The summed E-state index contributed by atoms with van der Waals surface area (Å²) in [5, 5.41) is 13.7. The van der Waals surface area contributed by atoms with Gasteiger partial charge in [0.2, 0.25) is 5.91 Å². The quantitative estimate of drug-likeness (QED) is 0.588. The van der Waals surface area contributed by atoms with E-state index in [9.17, 15) is 14.4 Å². The van der Waals surface area contributed by atoms with Crippen molar-refractivity contribution in [2.45, 2.75) is 38.1 Å². The number of alkyl carbamates (subject to hydrolysis) is 1. The van der Waals surface area contributed by atoms with Gasteiger partial charge in [-0.25, -0.2) is 4.79 Å². The number of aliphatic carboxylic acids is 1. The fourth-order valence-electron chi connectivity index (χ4n) is 3.75. The number of hydrogen-bond donors (Lipinski definition) is 3. The van der Waals surface area contributed by atoms with Gasteiger partial charge in [-0.15, -0.1) is 0 Å². The topological polar surface area (TPSA) is 105 Å². The van der Waals surface area contributed by atoms with Crippen molar-refractivity contribution in [3.05, 3.63) is 59.7 Å². The Kier molecular flexibility index (Phi) is 7.06. The number of fused-ring (bicyclic) bond motifs is 3. The van der Waals surface area contributed by atoms with Gasteiger partial charge in [-0.1, -0.05) is 55.5 Å². The zero-order valence-electron chi connectivity index (χ0n) is 16.9. The van der Waals surface area contributed by atoms with Gasteiger partial charge in [0.25, 0.3) is 0 Å². The van der Waals surface area contributed by atoms with Crippen LogP contribution in [0, 0.1) is 0 Å². The van der Waals surface area contributed by atoms with Crippen molar-refractivity contribution in [1.82, 2.24) is 10.6 Å². The van der Waals surface area contributed by atoms with Crippen LogP contribution in [0.3, 0.4) is 0 Å². The molecule has 1 unspecified atom stereocenters. The molecule has 0 aromatic heterocycles. The molecule has 0 spiro atoms. The first-order valence-corrected chi connectivity index (χ1v) is 10.1. The first-order chi connectivity index (χ1) is 14.5. The average molecular weight is 410 g/mol. The molecule has 0 saturated heterocycles. The highest BCUT2D eigenvalue weighted by Crippen LogP contribution is 2.44. The molecule has 2 aromatic rings. The monoisotopic (exact) mass is 410 g/mol. The van der Waals surface area contributed by atoms with Crippen molar-refractivity contribution in [3.8, 4) is 11.1 Å². The van der Waals surface area contributed by atoms with Gasteiger partial charge >= 0.3 is 12.1 Å². The number of nitrogens with one attached hydrogen (secondary N) is 2. The maximum Gasteiger partial charge on any atom is 0.407 e. The molecule has 0 bridgehead atoms. The van der Waals surface area contributed by atoms with Gasteiger partial charge < -0.3 is 20.5 Å². The fraction of sp³-hybridized carbons (Fsp3) is 0.348. The van der Waals surface area contributed by atoms with E-state index in [0.29, 0.717) is 12.8 Å². The molecule has 2 amide bonds. The SMILES string of the molecule is CCC(CCC(=O)NCC(=O)O)NC(=O)OCC1c2ccccc2-c2ccccc21. The van der Waals surface area contributed by atoms with Gasteiger partial charge in [0.1, 0.15) is 13.2 Å². The summed E-state index contributed by atoms with van der Waals surface area (Å²) in [6, 6.07) is 16.0. The summed E-state index contributed by atoms with van der Waals surface area (Å²) < 4.78 is 5.53. The number of hydrogen-bond acceptors (Lipinski definition) is 4. The van der Waals surface area contributed by atoms with Gasteiger partial charge in [-0.3, -0.25) is 9.59 Å². The minimum absolute atomic E-state index is 0.00924. The Bertz CT molecular complexity index is 882. The lowest BCUT2D eigenvalue weighted by atomic mass is 9.98. The van der Waals surface area contributed by atoms with Crippen molar-refractivity contribution >= 4 is 18.0 Å². The Morgan fingerprint density at radius 2 is 1.63 bits per heavy atom. The molecule has 7 heteroatoms. The number of carbonyl (C=O) groups excluding carboxylic acids is 2. The van der Waals surface area contributed by atoms with E-state index in [4.69, 9.17) is 9.84 Å². The minimum atomic E-state index is -1.09. The van der Waals surface area contributed by atoms with Crippen molar-refractivity contribution in [2.75, 3.05) is 13.2 Å². The molecule has 0 heterocycles. The zero-order valence-corrected chi connectivity index (χ0v) is 16.9. The van der Waals surface area contributed by atoms with Gasteiger partial charge in [-0.05, 0) is 35.1 Å². The standard InChI is InChI=1S/C23H26N2O5/c1-2-15(11-12-21(26)24-13-22(27)28)25-23(29)30-14-20-18-9-5-3-7-16(18)17-8-4-6-10-19(17)20/h3-10,15,20H,2,11-14H2,1H3,(H,24,26)(H,25,29)(H,27,28). The van der Waals surface area contributed by atoms with Crippen LogP contribution >= 0.6 is 0 Å². The Morgan fingerprint density at radius 1 is 1.03 bits per heavy atom. The molecule has 0 fully saturated rings. The number of amides is 2. The molecule has 3 N–H and O–H groups in total. The molecule has 2 aromatic carbocycles. The number of carboxylic acid groups (broad SMARTS) is 1. The summed E-state index contributed by atoms with van der Waals surface area (Å²) in [6.45, 7) is 1.73. The lowest BCUT2D eigenvalue weighted by molar-refractivity contribution is -0.137. The second kappa shape index (κ2) is 9.91. The van der Waals surface area contributed by atoms with E-state index in [1.54, 1.807) is 0 Å². The predicted octanol–water partition coefficient (Wildman–Crippen LogP) is 3.28. The Hall–Kier alpha value is -3.35. The van der Waals surface area contributed by atoms with E-state index in [1.807, 2.05) is 31.2 Å². The van der Waals surface area contributed by atoms with Crippen molar-refractivity contribution in [2.24, 2.45) is 0 Å². The maximum atomic E-state index is 12.3. The van der Waals surface area contributed by atoms with Crippen LogP contribution in [-0.4, -0.2) is 42.3 Å². The van der Waals surface area contributed by atoms with E-state index in [-0.39, 0.29) is 30.9 Å². The smallest absolute Gasteiger partial charge is 0.407 e. The van der Waals surface area contributed by atoms with Crippen LogP contribution in [0.25, 0.3) is 11.1 Å². The van der Waals surface area contributed by atoms with E-state index in [0.717, 1.165) is 11.1 Å². The van der Waals surface area contributed by atoms with E-state index >= 15 is 0 Å². The molecule has 1 aliphatic carbocycles. The molecule has 1 atom stereocenters. The first-order valence-electron chi connectivity index (χ1n) is 10.1. The van der Waals surface area contributed by atoms with Crippen LogP contribution in [0.2, 0.25) is 0 Å². The van der Waals surface area contributed by atoms with Gasteiger partial charge in [-0.2, -0.15) is 0 Å². The van der Waals surface area contributed by atoms with Gasteiger partial charge in [0, 0.05) is 18.4 Å². The normalized spacial score (nSPS) is 13.1. The number of carboxylic acids is 1. The molecule has 3 rings (SSSR count). The Labute approximate surface area is 175 Å². The highest BCUT2D eigenvalue weighted by atomic mass is 16.5. The Balaban J connectivity index is 1.53. The first kappa shape index (κ1) is 21.4. The van der Waals surface area contributed by atoms with Crippen molar-refractivity contribution < 1.29 is 24.2 Å². The molecular formula is C23H26N2O5. The third-order valence-electron chi connectivity index (χ3n) is 5.32. The van der Waals surface area contributed by atoms with E-state index < -0.39 is 18.6 Å². The van der Waals surface area contributed by atoms with Crippen molar-refractivity contribution in [1.29, 1.82) is 0 Å². The third kappa shape index (κ3) is 5.17. The second-order valence-corrected chi connectivity index (χ2v) is 7.28. The number of ether oxygens (including phenoxy) is 1. The number of rotatable bonds is 9. The van der Waals surface area contributed by atoms with Gasteiger partial charge in [0.15, 0.2) is 0 Å². The lowest BCUT2D eigenvalue weighted by Gasteiger charge is -2.18. The molecular weight excluding hydrogens is 384 g/mol.